The van der Waals surface area contributed by atoms with Crippen molar-refractivity contribution in [1.29, 1.82) is 0 Å². The molecule has 1 aromatic rings. The first-order chi connectivity index (χ1) is 8.19. The highest BCUT2D eigenvalue weighted by Crippen LogP contribution is 2.17. The second-order valence-corrected chi connectivity index (χ2v) is 4.03. The fourth-order valence-corrected chi connectivity index (χ4v) is 1.64. The highest BCUT2D eigenvalue weighted by molar-refractivity contribution is 5.95. The molecule has 1 atom stereocenters. The van der Waals surface area contributed by atoms with E-state index < -0.39 is 6.04 Å². The Kier molecular flexibility index (Phi) is 5.43. The molecular weight excluding hydrogens is 212 g/mol. The number of carbonyl (C=O) groups excluding carboxylic acids is 1. The number of anilines is 1. The molecule has 3 heteroatoms. The maximum absolute atomic E-state index is 11.8. The molecule has 0 saturated heterocycles. The molecule has 1 aromatic carbocycles. The quantitative estimate of drug-likeness (QED) is 0.740. The maximum atomic E-state index is 11.8. The van der Waals surface area contributed by atoms with Gasteiger partial charge in [0.1, 0.15) is 0 Å². The van der Waals surface area contributed by atoms with E-state index in [-0.39, 0.29) is 5.91 Å². The van der Waals surface area contributed by atoms with Crippen molar-refractivity contribution in [3.05, 3.63) is 42.5 Å². The number of benzene rings is 1. The Labute approximate surface area is 103 Å². The topological polar surface area (TPSA) is 55.1 Å². The molecule has 3 N–H and O–H groups in total. The predicted octanol–water partition coefficient (Wildman–Crippen LogP) is 2.48. The van der Waals surface area contributed by atoms with Crippen LogP contribution in [0.1, 0.15) is 25.3 Å². The smallest absolute Gasteiger partial charge is 0.241 e. The molecule has 17 heavy (non-hydrogen) atoms. The summed E-state index contributed by atoms with van der Waals surface area (Å²) in [6.45, 7) is 5.69. The van der Waals surface area contributed by atoms with E-state index in [1.807, 2.05) is 24.3 Å². The summed E-state index contributed by atoms with van der Waals surface area (Å²) in [5.74, 6) is -0.159. The second-order valence-electron chi connectivity index (χ2n) is 4.03. The van der Waals surface area contributed by atoms with Crippen LogP contribution in [-0.2, 0) is 11.2 Å². The van der Waals surface area contributed by atoms with Crippen LogP contribution in [0.3, 0.4) is 0 Å². The summed E-state index contributed by atoms with van der Waals surface area (Å²) in [7, 11) is 0. The number of rotatable bonds is 6. The van der Waals surface area contributed by atoms with Gasteiger partial charge in [-0.05, 0) is 24.5 Å². The zero-order valence-electron chi connectivity index (χ0n) is 10.3. The lowest BCUT2D eigenvalue weighted by Gasteiger charge is -2.13. The number of nitrogens with two attached hydrogens (primary N) is 1. The number of para-hydroxylation sites is 1. The molecular formula is C14H20N2O. The molecule has 92 valence electrons. The highest BCUT2D eigenvalue weighted by Gasteiger charge is 2.12. The molecule has 0 heterocycles. The summed E-state index contributed by atoms with van der Waals surface area (Å²) < 4.78 is 0. The van der Waals surface area contributed by atoms with Gasteiger partial charge in [0.25, 0.3) is 0 Å². The number of nitrogens with one attached hydrogen (secondary N) is 1. The van der Waals surface area contributed by atoms with Crippen LogP contribution in [0.25, 0.3) is 0 Å². The van der Waals surface area contributed by atoms with E-state index >= 15 is 0 Å². The molecule has 0 radical (unpaired) electrons. The molecule has 0 aromatic heterocycles. The third-order valence-corrected chi connectivity index (χ3v) is 2.55. The molecule has 0 spiro atoms. The largest absolute Gasteiger partial charge is 0.324 e. The zero-order valence-corrected chi connectivity index (χ0v) is 10.3. The Bertz CT molecular complexity index is 388. The molecule has 1 unspecified atom stereocenters. The van der Waals surface area contributed by atoms with Gasteiger partial charge in [0, 0.05) is 5.69 Å². The normalized spacial score (nSPS) is 11.9. The fraction of sp³-hybridized carbons (Fsp3) is 0.357. The molecule has 0 aliphatic rings. The van der Waals surface area contributed by atoms with Crippen molar-refractivity contribution in [2.24, 2.45) is 5.73 Å². The van der Waals surface area contributed by atoms with Crippen molar-refractivity contribution < 1.29 is 4.79 Å². The number of carbonyl (C=O) groups is 1. The standard InChI is InChI=1S/C14H20N2O/c1-3-7-11-9-5-6-10-13(11)16-14(17)12(15)8-4-2/h4-6,9-10,12H,2-3,7-8,15H2,1H3,(H,16,17). The Morgan fingerprint density at radius 1 is 1.53 bits per heavy atom. The molecule has 3 nitrogen and oxygen atoms in total. The van der Waals surface area contributed by atoms with Crippen molar-refractivity contribution in [1.82, 2.24) is 0 Å². The third-order valence-electron chi connectivity index (χ3n) is 2.55. The Hall–Kier alpha value is -1.61. The van der Waals surface area contributed by atoms with Gasteiger partial charge in [-0.2, -0.15) is 0 Å². The van der Waals surface area contributed by atoms with Crippen molar-refractivity contribution >= 4 is 11.6 Å². The van der Waals surface area contributed by atoms with E-state index in [0.29, 0.717) is 6.42 Å². The van der Waals surface area contributed by atoms with Gasteiger partial charge >= 0.3 is 0 Å². The minimum absolute atomic E-state index is 0.159. The molecule has 0 bridgehead atoms. The lowest BCUT2D eigenvalue weighted by Crippen LogP contribution is -2.35. The lowest BCUT2D eigenvalue weighted by atomic mass is 10.1. The molecule has 0 aliphatic heterocycles. The summed E-state index contributed by atoms with van der Waals surface area (Å²) in [5, 5.41) is 2.87. The number of hydrogen-bond acceptors (Lipinski definition) is 2. The Morgan fingerprint density at radius 2 is 2.24 bits per heavy atom. The first-order valence-corrected chi connectivity index (χ1v) is 5.94. The van der Waals surface area contributed by atoms with Gasteiger partial charge < -0.3 is 11.1 Å². The van der Waals surface area contributed by atoms with Crippen molar-refractivity contribution in [3.8, 4) is 0 Å². The van der Waals surface area contributed by atoms with E-state index in [2.05, 4.69) is 18.8 Å². The summed E-state index contributed by atoms with van der Waals surface area (Å²) in [4.78, 5) is 11.8. The lowest BCUT2D eigenvalue weighted by molar-refractivity contribution is -0.117. The van der Waals surface area contributed by atoms with Gasteiger partial charge in [0.05, 0.1) is 6.04 Å². The average molecular weight is 232 g/mol. The Morgan fingerprint density at radius 3 is 2.88 bits per heavy atom. The van der Waals surface area contributed by atoms with Crippen molar-refractivity contribution in [2.75, 3.05) is 5.32 Å². The van der Waals surface area contributed by atoms with Crippen LogP contribution in [-0.4, -0.2) is 11.9 Å². The van der Waals surface area contributed by atoms with Crippen molar-refractivity contribution in [3.63, 3.8) is 0 Å². The molecule has 0 aliphatic carbocycles. The van der Waals surface area contributed by atoms with Crippen molar-refractivity contribution in [2.45, 2.75) is 32.2 Å². The third kappa shape index (κ3) is 4.04. The summed E-state index contributed by atoms with van der Waals surface area (Å²) in [6.07, 6.45) is 4.14. The summed E-state index contributed by atoms with van der Waals surface area (Å²) >= 11 is 0. The van der Waals surface area contributed by atoms with E-state index in [4.69, 9.17) is 5.73 Å². The fourth-order valence-electron chi connectivity index (χ4n) is 1.64. The van der Waals surface area contributed by atoms with E-state index in [1.54, 1.807) is 6.08 Å². The van der Waals surface area contributed by atoms with Crippen LogP contribution in [0.2, 0.25) is 0 Å². The first-order valence-electron chi connectivity index (χ1n) is 5.94. The van der Waals surface area contributed by atoms with Gasteiger partial charge in [-0.25, -0.2) is 0 Å². The number of aryl methyl sites for hydroxylation is 1. The minimum Gasteiger partial charge on any atom is -0.324 e. The molecule has 1 amide bonds. The van der Waals surface area contributed by atoms with Gasteiger partial charge in [0.2, 0.25) is 5.91 Å². The van der Waals surface area contributed by atoms with Crippen LogP contribution >= 0.6 is 0 Å². The SMILES string of the molecule is C=CCC(N)C(=O)Nc1ccccc1CCC. The second kappa shape index (κ2) is 6.86. The van der Waals surface area contributed by atoms with Gasteiger partial charge in [-0.15, -0.1) is 6.58 Å². The minimum atomic E-state index is -0.526. The monoisotopic (exact) mass is 232 g/mol. The van der Waals surface area contributed by atoms with E-state index in [0.717, 1.165) is 24.1 Å². The summed E-state index contributed by atoms with van der Waals surface area (Å²) in [6, 6.07) is 7.29. The highest BCUT2D eigenvalue weighted by atomic mass is 16.2. The maximum Gasteiger partial charge on any atom is 0.241 e. The van der Waals surface area contributed by atoms with Crippen LogP contribution in [0, 0.1) is 0 Å². The van der Waals surface area contributed by atoms with Crippen LogP contribution in [0.5, 0.6) is 0 Å². The van der Waals surface area contributed by atoms with Gasteiger partial charge in [-0.1, -0.05) is 37.6 Å². The van der Waals surface area contributed by atoms with Gasteiger partial charge in [0.15, 0.2) is 0 Å². The zero-order chi connectivity index (χ0) is 12.7. The predicted molar refractivity (Wildman–Crippen MR) is 71.9 cm³/mol. The summed E-state index contributed by atoms with van der Waals surface area (Å²) in [5.41, 5.74) is 7.72. The van der Waals surface area contributed by atoms with Crippen LogP contribution in [0.15, 0.2) is 36.9 Å². The van der Waals surface area contributed by atoms with E-state index in [9.17, 15) is 4.79 Å². The molecule has 0 saturated carbocycles. The van der Waals surface area contributed by atoms with Gasteiger partial charge in [-0.3, -0.25) is 4.79 Å². The average Bonchev–Trinajstić information content (AvgIpc) is 2.32. The molecule has 1 rings (SSSR count). The number of hydrogen-bond donors (Lipinski definition) is 2. The first kappa shape index (κ1) is 13.5. The van der Waals surface area contributed by atoms with Crippen LogP contribution in [0.4, 0.5) is 5.69 Å². The Balaban J connectivity index is 2.73. The number of amides is 1. The van der Waals surface area contributed by atoms with Crippen LogP contribution < -0.4 is 11.1 Å². The van der Waals surface area contributed by atoms with E-state index in [1.165, 1.54) is 0 Å². The molecule has 0 fully saturated rings.